The summed E-state index contributed by atoms with van der Waals surface area (Å²) in [7, 11) is 0. The molecule has 0 unspecified atom stereocenters. The second kappa shape index (κ2) is 8.38. The summed E-state index contributed by atoms with van der Waals surface area (Å²) in [5.74, 6) is 0.422. The van der Waals surface area contributed by atoms with Gasteiger partial charge in [0.1, 0.15) is 0 Å². The average Bonchev–Trinajstić information content (AvgIpc) is 3.38. The van der Waals surface area contributed by atoms with E-state index in [0.717, 1.165) is 13.0 Å². The van der Waals surface area contributed by atoms with E-state index in [0.29, 0.717) is 19.0 Å². The van der Waals surface area contributed by atoms with Crippen LogP contribution in [0.15, 0.2) is 59.3 Å². The Kier molecular flexibility index (Phi) is 5.72. The van der Waals surface area contributed by atoms with E-state index in [1.807, 2.05) is 29.5 Å². The van der Waals surface area contributed by atoms with Crippen molar-refractivity contribution in [2.45, 2.75) is 25.3 Å². The average molecular weight is 397 g/mol. The van der Waals surface area contributed by atoms with Gasteiger partial charge in [0.25, 0.3) is 0 Å². The van der Waals surface area contributed by atoms with Gasteiger partial charge in [-0.3, -0.25) is 9.69 Å². The van der Waals surface area contributed by atoms with Crippen LogP contribution in [0.5, 0.6) is 0 Å². The van der Waals surface area contributed by atoms with Gasteiger partial charge < -0.3 is 5.32 Å². The monoisotopic (exact) mass is 396 g/mol. The molecule has 27 heavy (non-hydrogen) atoms. The summed E-state index contributed by atoms with van der Waals surface area (Å²) < 4.78 is 0. The van der Waals surface area contributed by atoms with Crippen molar-refractivity contribution in [3.8, 4) is 0 Å². The van der Waals surface area contributed by atoms with Crippen molar-refractivity contribution in [3.05, 3.63) is 80.2 Å². The van der Waals surface area contributed by atoms with Gasteiger partial charge in [0, 0.05) is 22.8 Å². The molecule has 3 nitrogen and oxygen atoms in total. The zero-order valence-electron chi connectivity index (χ0n) is 15.4. The fourth-order valence-corrected chi connectivity index (χ4v) is 5.51. The number of nitrogens with zero attached hydrogens (tertiary/aromatic N) is 1. The van der Waals surface area contributed by atoms with E-state index in [4.69, 9.17) is 0 Å². The van der Waals surface area contributed by atoms with Crippen molar-refractivity contribution >= 4 is 28.6 Å². The van der Waals surface area contributed by atoms with Crippen LogP contribution in [0.3, 0.4) is 0 Å². The zero-order chi connectivity index (χ0) is 18.6. The van der Waals surface area contributed by atoms with E-state index in [1.165, 1.54) is 20.9 Å². The second-order valence-electron chi connectivity index (χ2n) is 7.05. The minimum atomic E-state index is 0.109. The van der Waals surface area contributed by atoms with Gasteiger partial charge in [0.15, 0.2) is 0 Å². The number of thiophene rings is 2. The maximum absolute atomic E-state index is 12.7. The molecule has 0 radical (unpaired) electrons. The number of carbonyl (C=O) groups is 1. The van der Waals surface area contributed by atoms with Crippen LogP contribution in [-0.2, 0) is 11.2 Å². The molecule has 3 heterocycles. The molecule has 2 atom stereocenters. The molecule has 0 bridgehead atoms. The number of nitrogens with one attached hydrogen (secondary N) is 1. The zero-order valence-corrected chi connectivity index (χ0v) is 17.1. The van der Waals surface area contributed by atoms with Crippen molar-refractivity contribution in [3.63, 3.8) is 0 Å². The Morgan fingerprint density at radius 3 is 2.78 bits per heavy atom. The van der Waals surface area contributed by atoms with Gasteiger partial charge in [0.05, 0.1) is 12.6 Å². The molecule has 4 rings (SSSR count). The number of benzene rings is 1. The highest BCUT2D eigenvalue weighted by atomic mass is 32.1. The predicted molar refractivity (Wildman–Crippen MR) is 114 cm³/mol. The summed E-state index contributed by atoms with van der Waals surface area (Å²) in [5.41, 5.74) is 2.63. The van der Waals surface area contributed by atoms with Crippen LogP contribution in [0.2, 0.25) is 0 Å². The Labute approximate surface area is 168 Å². The fraction of sp³-hybridized carbons (Fsp3) is 0.318. The first kappa shape index (κ1) is 18.4. The maximum Gasteiger partial charge on any atom is 0.234 e. The second-order valence-corrected chi connectivity index (χ2v) is 9.03. The lowest BCUT2D eigenvalue weighted by atomic mass is 9.98. The standard InChI is InChI=1S/C22H24N2OS2/c1-16(17-6-3-2-4-7-17)14-23-21(25)15-24-11-9-19-18(10-13-27-19)22(24)20-8-5-12-26-20/h2-8,10,12-13,16,22H,9,11,14-15H2,1H3,(H,23,25)/t16-,22+/m0/s1. The Morgan fingerprint density at radius 1 is 1.15 bits per heavy atom. The molecule has 0 fully saturated rings. The first-order valence-corrected chi connectivity index (χ1v) is 11.1. The third-order valence-corrected chi connectivity index (χ3v) is 7.12. The van der Waals surface area contributed by atoms with Crippen LogP contribution in [0, 0.1) is 0 Å². The number of fused-ring (bicyclic) bond motifs is 1. The summed E-state index contributed by atoms with van der Waals surface area (Å²) in [6, 6.07) is 17.1. The molecule has 1 aliphatic rings. The highest BCUT2D eigenvalue weighted by molar-refractivity contribution is 7.10. The van der Waals surface area contributed by atoms with Gasteiger partial charge in [-0.15, -0.1) is 22.7 Å². The molecule has 0 saturated heterocycles. The number of amides is 1. The normalized spacial score (nSPS) is 18.0. The van der Waals surface area contributed by atoms with Crippen LogP contribution >= 0.6 is 22.7 Å². The van der Waals surface area contributed by atoms with Crippen molar-refractivity contribution in [2.75, 3.05) is 19.6 Å². The number of hydrogen-bond donors (Lipinski definition) is 1. The highest BCUT2D eigenvalue weighted by Gasteiger charge is 2.31. The lowest BCUT2D eigenvalue weighted by molar-refractivity contribution is -0.122. The molecule has 0 saturated carbocycles. The molecular formula is C22H24N2OS2. The topological polar surface area (TPSA) is 32.3 Å². The largest absolute Gasteiger partial charge is 0.354 e. The van der Waals surface area contributed by atoms with Crippen molar-refractivity contribution in [1.82, 2.24) is 10.2 Å². The quantitative estimate of drug-likeness (QED) is 0.656. The van der Waals surface area contributed by atoms with Crippen LogP contribution < -0.4 is 5.32 Å². The minimum absolute atomic E-state index is 0.109. The predicted octanol–water partition coefficient (Wildman–Crippen LogP) is 4.68. The summed E-state index contributed by atoms with van der Waals surface area (Å²) >= 11 is 3.61. The first-order chi connectivity index (χ1) is 13.2. The van der Waals surface area contributed by atoms with E-state index in [9.17, 15) is 4.79 Å². The maximum atomic E-state index is 12.7. The van der Waals surface area contributed by atoms with E-state index < -0.39 is 0 Å². The lowest BCUT2D eigenvalue weighted by Crippen LogP contribution is -2.43. The smallest absolute Gasteiger partial charge is 0.234 e. The SMILES string of the molecule is C[C@@H](CNC(=O)CN1CCc2sccc2[C@@H]1c1cccs1)c1ccccc1. The molecule has 1 amide bonds. The van der Waals surface area contributed by atoms with Crippen LogP contribution in [-0.4, -0.2) is 30.4 Å². The van der Waals surface area contributed by atoms with Gasteiger partial charge in [-0.25, -0.2) is 0 Å². The number of hydrogen-bond acceptors (Lipinski definition) is 4. The molecule has 1 N–H and O–H groups in total. The highest BCUT2D eigenvalue weighted by Crippen LogP contribution is 2.39. The van der Waals surface area contributed by atoms with Crippen molar-refractivity contribution < 1.29 is 4.79 Å². The van der Waals surface area contributed by atoms with E-state index >= 15 is 0 Å². The van der Waals surface area contributed by atoms with Gasteiger partial charge in [0.2, 0.25) is 5.91 Å². The van der Waals surface area contributed by atoms with Gasteiger partial charge in [-0.1, -0.05) is 43.3 Å². The van der Waals surface area contributed by atoms with Crippen LogP contribution in [0.1, 0.15) is 39.8 Å². The van der Waals surface area contributed by atoms with Gasteiger partial charge in [-0.2, -0.15) is 0 Å². The number of carbonyl (C=O) groups excluding carboxylic acids is 1. The molecule has 1 aromatic carbocycles. The summed E-state index contributed by atoms with van der Waals surface area (Å²) in [5, 5.41) is 7.44. The minimum Gasteiger partial charge on any atom is -0.354 e. The third-order valence-electron chi connectivity index (χ3n) is 5.20. The summed E-state index contributed by atoms with van der Waals surface area (Å²) in [6.45, 7) is 4.20. The van der Waals surface area contributed by atoms with E-state index in [1.54, 1.807) is 11.3 Å². The fourth-order valence-electron chi connectivity index (χ4n) is 3.73. The molecule has 1 aliphatic heterocycles. The molecule has 5 heteroatoms. The van der Waals surface area contributed by atoms with E-state index in [-0.39, 0.29) is 11.9 Å². The van der Waals surface area contributed by atoms with Crippen LogP contribution in [0.4, 0.5) is 0 Å². The molecule has 3 aromatic rings. The van der Waals surface area contributed by atoms with E-state index in [2.05, 4.69) is 58.2 Å². The first-order valence-electron chi connectivity index (χ1n) is 9.37. The molecular weight excluding hydrogens is 372 g/mol. The Hall–Kier alpha value is -1.95. The molecule has 0 aliphatic carbocycles. The Balaban J connectivity index is 1.41. The Bertz CT molecular complexity index is 873. The number of rotatable bonds is 6. The van der Waals surface area contributed by atoms with Crippen molar-refractivity contribution in [2.24, 2.45) is 0 Å². The summed E-state index contributed by atoms with van der Waals surface area (Å²) in [6.07, 6.45) is 1.03. The van der Waals surface area contributed by atoms with Gasteiger partial charge in [-0.05, 0) is 46.4 Å². The van der Waals surface area contributed by atoms with Gasteiger partial charge >= 0.3 is 0 Å². The van der Waals surface area contributed by atoms with Crippen LogP contribution in [0.25, 0.3) is 0 Å². The van der Waals surface area contributed by atoms with Crippen molar-refractivity contribution in [1.29, 1.82) is 0 Å². The summed E-state index contributed by atoms with van der Waals surface area (Å²) in [4.78, 5) is 17.8. The lowest BCUT2D eigenvalue weighted by Gasteiger charge is -2.35. The molecule has 0 spiro atoms. The molecule has 2 aromatic heterocycles. The Morgan fingerprint density at radius 2 is 2.00 bits per heavy atom. The molecule has 140 valence electrons. The third kappa shape index (κ3) is 4.15.